The molecule has 0 aliphatic rings. The molecule has 1 atom stereocenters. The second-order valence-corrected chi connectivity index (χ2v) is 3.79. The van der Waals surface area contributed by atoms with E-state index in [0.29, 0.717) is 6.54 Å². The number of anilines is 1. The third kappa shape index (κ3) is 2.69. The molecule has 0 aliphatic heterocycles. The van der Waals surface area contributed by atoms with E-state index >= 15 is 0 Å². The standard InChI is InChI=1S/C9H16N4O2/c1-6(12(2)3)5-13-7(10)4-8(14)11-9(13)15/h4,6H,5,10H2,1-3H3,(H,11,14,15). The van der Waals surface area contributed by atoms with Crippen molar-refractivity contribution < 1.29 is 0 Å². The molecule has 6 nitrogen and oxygen atoms in total. The van der Waals surface area contributed by atoms with Crippen molar-refractivity contribution in [2.75, 3.05) is 19.8 Å². The number of hydrogen-bond donors (Lipinski definition) is 2. The van der Waals surface area contributed by atoms with Crippen LogP contribution >= 0.6 is 0 Å². The molecular formula is C9H16N4O2. The summed E-state index contributed by atoms with van der Waals surface area (Å²) >= 11 is 0. The first-order chi connectivity index (χ1) is 6.91. The molecule has 0 bridgehead atoms. The van der Waals surface area contributed by atoms with Gasteiger partial charge in [-0.1, -0.05) is 0 Å². The summed E-state index contributed by atoms with van der Waals surface area (Å²) in [5.74, 6) is 0.192. The van der Waals surface area contributed by atoms with Crippen LogP contribution in [0.15, 0.2) is 15.7 Å². The Morgan fingerprint density at radius 2 is 2.13 bits per heavy atom. The maximum absolute atomic E-state index is 11.4. The van der Waals surface area contributed by atoms with E-state index in [1.54, 1.807) is 0 Å². The molecular weight excluding hydrogens is 196 g/mol. The fourth-order valence-corrected chi connectivity index (χ4v) is 1.15. The lowest BCUT2D eigenvalue weighted by Crippen LogP contribution is -2.38. The smallest absolute Gasteiger partial charge is 0.329 e. The van der Waals surface area contributed by atoms with E-state index in [0.717, 1.165) is 0 Å². The molecule has 1 aromatic heterocycles. The monoisotopic (exact) mass is 212 g/mol. The van der Waals surface area contributed by atoms with E-state index in [-0.39, 0.29) is 11.9 Å². The van der Waals surface area contributed by atoms with Crippen LogP contribution in [0, 0.1) is 0 Å². The summed E-state index contributed by atoms with van der Waals surface area (Å²) in [7, 11) is 3.83. The van der Waals surface area contributed by atoms with Crippen LogP contribution < -0.4 is 17.0 Å². The topological polar surface area (TPSA) is 84.1 Å². The number of nitrogens with zero attached hydrogens (tertiary/aromatic N) is 2. The maximum Gasteiger partial charge on any atom is 0.329 e. The predicted octanol–water partition coefficient (Wildman–Crippen LogP) is -0.931. The summed E-state index contributed by atoms with van der Waals surface area (Å²) in [6, 6.07) is 1.37. The molecule has 0 aliphatic carbocycles. The SMILES string of the molecule is CC(Cn1c(N)cc(=O)[nH]c1=O)N(C)C. The molecule has 0 saturated heterocycles. The average molecular weight is 212 g/mol. The Morgan fingerprint density at radius 3 is 2.60 bits per heavy atom. The highest BCUT2D eigenvalue weighted by molar-refractivity contribution is 5.26. The molecule has 0 radical (unpaired) electrons. The van der Waals surface area contributed by atoms with Crippen molar-refractivity contribution in [3.05, 3.63) is 26.9 Å². The second-order valence-electron chi connectivity index (χ2n) is 3.79. The number of aromatic amines is 1. The van der Waals surface area contributed by atoms with Crippen molar-refractivity contribution in [1.82, 2.24) is 14.5 Å². The number of aromatic nitrogens is 2. The largest absolute Gasteiger partial charge is 0.385 e. The Bertz CT molecular complexity index is 446. The molecule has 1 rings (SSSR count). The average Bonchev–Trinajstić information content (AvgIpc) is 2.10. The van der Waals surface area contributed by atoms with E-state index in [1.165, 1.54) is 10.6 Å². The fraction of sp³-hybridized carbons (Fsp3) is 0.556. The van der Waals surface area contributed by atoms with Crippen molar-refractivity contribution in [2.45, 2.75) is 19.5 Å². The third-order valence-electron chi connectivity index (χ3n) is 2.39. The quantitative estimate of drug-likeness (QED) is 0.678. The zero-order valence-electron chi connectivity index (χ0n) is 9.15. The van der Waals surface area contributed by atoms with Gasteiger partial charge in [-0.05, 0) is 21.0 Å². The third-order valence-corrected chi connectivity index (χ3v) is 2.39. The molecule has 15 heavy (non-hydrogen) atoms. The lowest BCUT2D eigenvalue weighted by Gasteiger charge is -2.21. The molecule has 1 unspecified atom stereocenters. The zero-order valence-corrected chi connectivity index (χ0v) is 9.15. The van der Waals surface area contributed by atoms with Gasteiger partial charge < -0.3 is 10.6 Å². The van der Waals surface area contributed by atoms with Gasteiger partial charge in [0.15, 0.2) is 0 Å². The minimum absolute atomic E-state index is 0.163. The van der Waals surface area contributed by atoms with Crippen molar-refractivity contribution in [3.63, 3.8) is 0 Å². The number of nitrogen functional groups attached to an aromatic ring is 1. The van der Waals surface area contributed by atoms with Crippen molar-refractivity contribution in [3.8, 4) is 0 Å². The number of nitrogens with two attached hydrogens (primary N) is 1. The summed E-state index contributed by atoms with van der Waals surface area (Å²) in [6.45, 7) is 2.42. The molecule has 3 N–H and O–H groups in total. The minimum Gasteiger partial charge on any atom is -0.385 e. The van der Waals surface area contributed by atoms with Crippen LogP contribution in [0.25, 0.3) is 0 Å². The van der Waals surface area contributed by atoms with Gasteiger partial charge in [-0.2, -0.15) is 0 Å². The van der Waals surface area contributed by atoms with Gasteiger partial charge in [0.2, 0.25) is 0 Å². The van der Waals surface area contributed by atoms with Crippen LogP contribution in [0.1, 0.15) is 6.92 Å². The first-order valence-electron chi connectivity index (χ1n) is 4.68. The minimum atomic E-state index is -0.466. The number of likely N-dealkylation sites (N-methyl/N-ethyl adjacent to an activating group) is 1. The summed E-state index contributed by atoms with van der Waals surface area (Å²) < 4.78 is 1.35. The van der Waals surface area contributed by atoms with E-state index in [2.05, 4.69) is 4.98 Å². The van der Waals surface area contributed by atoms with Crippen molar-refractivity contribution in [2.24, 2.45) is 0 Å². The lowest BCUT2D eigenvalue weighted by atomic mass is 10.3. The Labute approximate surface area is 87.3 Å². The van der Waals surface area contributed by atoms with E-state index < -0.39 is 11.2 Å². The van der Waals surface area contributed by atoms with Gasteiger partial charge >= 0.3 is 5.69 Å². The molecule has 0 saturated carbocycles. The molecule has 0 spiro atoms. The van der Waals surface area contributed by atoms with Gasteiger partial charge in [-0.15, -0.1) is 0 Å². The highest BCUT2D eigenvalue weighted by Crippen LogP contribution is 1.99. The first-order valence-corrected chi connectivity index (χ1v) is 4.68. The van der Waals surface area contributed by atoms with Gasteiger partial charge in [0, 0.05) is 18.7 Å². The summed E-state index contributed by atoms with van der Waals surface area (Å²) in [4.78, 5) is 26.5. The highest BCUT2D eigenvalue weighted by atomic mass is 16.2. The molecule has 0 amide bonds. The number of nitrogens with one attached hydrogen (secondary N) is 1. The van der Waals surface area contributed by atoms with Crippen LogP contribution in [0.3, 0.4) is 0 Å². The molecule has 1 aromatic rings. The van der Waals surface area contributed by atoms with E-state index in [4.69, 9.17) is 5.73 Å². The number of hydrogen-bond acceptors (Lipinski definition) is 4. The van der Waals surface area contributed by atoms with Crippen molar-refractivity contribution in [1.29, 1.82) is 0 Å². The molecule has 84 valence electrons. The molecule has 0 fully saturated rings. The van der Waals surface area contributed by atoms with Crippen LogP contribution in [-0.2, 0) is 6.54 Å². The first kappa shape index (κ1) is 11.5. The normalized spacial score (nSPS) is 13.1. The molecule has 1 heterocycles. The van der Waals surface area contributed by atoms with Crippen LogP contribution in [0.2, 0.25) is 0 Å². The van der Waals surface area contributed by atoms with E-state index in [9.17, 15) is 9.59 Å². The molecule has 6 heteroatoms. The maximum atomic E-state index is 11.4. The summed E-state index contributed by atoms with van der Waals surface area (Å²) in [6.07, 6.45) is 0. The van der Waals surface area contributed by atoms with Gasteiger partial charge in [0.1, 0.15) is 5.82 Å². The number of rotatable bonds is 3. The zero-order chi connectivity index (χ0) is 11.6. The van der Waals surface area contributed by atoms with Gasteiger partial charge in [-0.25, -0.2) is 4.79 Å². The predicted molar refractivity (Wildman–Crippen MR) is 58.9 cm³/mol. The van der Waals surface area contributed by atoms with Gasteiger partial charge in [-0.3, -0.25) is 14.3 Å². The molecule has 0 aromatic carbocycles. The Morgan fingerprint density at radius 1 is 1.53 bits per heavy atom. The van der Waals surface area contributed by atoms with Crippen LogP contribution in [0.4, 0.5) is 5.82 Å². The second kappa shape index (κ2) is 4.31. The van der Waals surface area contributed by atoms with Crippen LogP contribution in [0.5, 0.6) is 0 Å². The fourth-order valence-electron chi connectivity index (χ4n) is 1.15. The Balaban J connectivity index is 3.06. The summed E-state index contributed by atoms with van der Waals surface area (Å²) in [5, 5.41) is 0. The van der Waals surface area contributed by atoms with Crippen molar-refractivity contribution >= 4 is 5.82 Å². The Hall–Kier alpha value is -1.56. The van der Waals surface area contributed by atoms with Gasteiger partial charge in [0.05, 0.1) is 0 Å². The lowest BCUT2D eigenvalue weighted by molar-refractivity contribution is 0.281. The Kier molecular flexibility index (Phi) is 3.31. The van der Waals surface area contributed by atoms with Crippen LogP contribution in [-0.4, -0.2) is 34.6 Å². The summed E-state index contributed by atoms with van der Waals surface area (Å²) in [5.41, 5.74) is 4.66. The van der Waals surface area contributed by atoms with E-state index in [1.807, 2.05) is 25.9 Å². The number of H-pyrrole nitrogens is 1. The highest BCUT2D eigenvalue weighted by Gasteiger charge is 2.09. The van der Waals surface area contributed by atoms with Gasteiger partial charge in [0.25, 0.3) is 5.56 Å².